The molecule has 0 atom stereocenters. The number of likely N-dealkylation sites (N-methyl/N-ethyl adjacent to an activating group) is 1. The summed E-state index contributed by atoms with van der Waals surface area (Å²) in [5.41, 5.74) is 0.776. The average Bonchev–Trinajstić information content (AvgIpc) is 2.42. The van der Waals surface area contributed by atoms with E-state index in [9.17, 15) is 8.42 Å². The van der Waals surface area contributed by atoms with Gasteiger partial charge in [-0.2, -0.15) is 0 Å². The Labute approximate surface area is 119 Å². The molecule has 1 aromatic rings. The Morgan fingerprint density at radius 2 is 2.16 bits per heavy atom. The van der Waals surface area contributed by atoms with Crippen molar-refractivity contribution in [2.75, 3.05) is 38.4 Å². The van der Waals surface area contributed by atoms with Crippen LogP contribution in [0, 0.1) is 0 Å². The molecule has 1 heterocycles. The second-order valence-electron chi connectivity index (χ2n) is 4.01. The molecule has 0 aliphatic heterocycles. The van der Waals surface area contributed by atoms with Crippen molar-refractivity contribution in [2.45, 2.75) is 6.42 Å². The molecule has 0 saturated carbocycles. The molecule has 19 heavy (non-hydrogen) atoms. The zero-order valence-corrected chi connectivity index (χ0v) is 12.5. The van der Waals surface area contributed by atoms with Crippen molar-refractivity contribution < 1.29 is 13.2 Å². The molecule has 0 N–H and O–H groups in total. The van der Waals surface area contributed by atoms with Gasteiger partial charge in [-0.15, -0.1) is 11.6 Å². The number of aromatic nitrogens is 1. The minimum atomic E-state index is -3.27. The number of halogens is 1. The maximum atomic E-state index is 12.0. The zero-order valence-electron chi connectivity index (χ0n) is 11.0. The summed E-state index contributed by atoms with van der Waals surface area (Å²) in [5.74, 6) is 0.464. The lowest BCUT2D eigenvalue weighted by atomic mass is 10.3. The van der Waals surface area contributed by atoms with Gasteiger partial charge in [0.05, 0.1) is 19.0 Å². The fraction of sp³-hybridized carbons (Fsp3) is 0.583. The molecule has 0 spiro atoms. The van der Waals surface area contributed by atoms with E-state index in [1.807, 2.05) is 12.1 Å². The minimum absolute atomic E-state index is 0.0516. The summed E-state index contributed by atoms with van der Waals surface area (Å²) in [6.45, 7) is 1.12. The number of hydrogen-bond donors (Lipinski definition) is 0. The first-order valence-electron chi connectivity index (χ1n) is 6.04. The number of ether oxygens (including phenoxy) is 1. The summed E-state index contributed by atoms with van der Waals surface area (Å²) >= 11 is 5.46. The third-order valence-electron chi connectivity index (χ3n) is 2.59. The Bertz CT molecular complexity index is 453. The summed E-state index contributed by atoms with van der Waals surface area (Å²) in [7, 11) is -1.71. The number of rotatable bonds is 9. The smallest absolute Gasteiger partial charge is 0.214 e. The zero-order chi connectivity index (χ0) is 14.1. The first kappa shape index (κ1) is 16.4. The highest BCUT2D eigenvalue weighted by Crippen LogP contribution is 2.03. The lowest BCUT2D eigenvalue weighted by molar-refractivity contribution is 0.140. The molecule has 0 aromatic carbocycles. The van der Waals surface area contributed by atoms with E-state index in [1.165, 1.54) is 4.31 Å². The van der Waals surface area contributed by atoms with Gasteiger partial charge in [0, 0.05) is 37.8 Å². The Morgan fingerprint density at radius 3 is 2.79 bits per heavy atom. The Balaban J connectivity index is 2.38. The second-order valence-corrected chi connectivity index (χ2v) is 6.58. The number of alkyl halides is 1. The predicted octanol–water partition coefficient (Wildman–Crippen LogP) is 1.14. The summed E-state index contributed by atoms with van der Waals surface area (Å²) in [6, 6.07) is 5.47. The van der Waals surface area contributed by atoms with Gasteiger partial charge in [0.25, 0.3) is 0 Å². The molecule has 0 unspecified atom stereocenters. The average molecular weight is 307 g/mol. The van der Waals surface area contributed by atoms with Gasteiger partial charge >= 0.3 is 0 Å². The molecule has 0 fully saturated rings. The van der Waals surface area contributed by atoms with Gasteiger partial charge in [0.1, 0.15) is 0 Å². The Morgan fingerprint density at radius 1 is 1.37 bits per heavy atom. The van der Waals surface area contributed by atoms with Crippen molar-refractivity contribution in [3.05, 3.63) is 30.1 Å². The van der Waals surface area contributed by atoms with Gasteiger partial charge in [-0.1, -0.05) is 6.07 Å². The lowest BCUT2D eigenvalue weighted by Gasteiger charge is -2.16. The topological polar surface area (TPSA) is 59.5 Å². The van der Waals surface area contributed by atoms with Gasteiger partial charge in [-0.3, -0.25) is 4.98 Å². The van der Waals surface area contributed by atoms with Gasteiger partial charge in [0.2, 0.25) is 10.0 Å². The van der Waals surface area contributed by atoms with Crippen LogP contribution in [0.1, 0.15) is 5.69 Å². The largest absolute Gasteiger partial charge is 0.379 e. The lowest BCUT2D eigenvalue weighted by Crippen LogP contribution is -2.33. The van der Waals surface area contributed by atoms with Crippen LogP contribution in [0.4, 0.5) is 0 Å². The van der Waals surface area contributed by atoms with Crippen LogP contribution in [0.25, 0.3) is 0 Å². The van der Waals surface area contributed by atoms with Crippen LogP contribution in [0.15, 0.2) is 24.4 Å². The summed E-state index contributed by atoms with van der Waals surface area (Å²) in [5, 5.41) is 0. The molecule has 7 heteroatoms. The SMILES string of the molecule is CN(CCOCCCl)S(=O)(=O)CCc1ccccn1. The third kappa shape index (κ3) is 6.33. The number of nitrogens with zero attached hydrogens (tertiary/aromatic N) is 2. The first-order chi connectivity index (χ1) is 9.06. The highest BCUT2D eigenvalue weighted by atomic mass is 35.5. The monoisotopic (exact) mass is 306 g/mol. The van der Waals surface area contributed by atoms with Crippen LogP contribution < -0.4 is 0 Å². The molecule has 0 amide bonds. The van der Waals surface area contributed by atoms with Crippen LogP contribution in [-0.4, -0.2) is 56.1 Å². The molecule has 0 radical (unpaired) electrons. The molecule has 0 saturated heterocycles. The normalized spacial score (nSPS) is 11.9. The van der Waals surface area contributed by atoms with E-state index in [0.717, 1.165) is 5.69 Å². The molecule has 5 nitrogen and oxygen atoms in total. The molecule has 0 aliphatic rings. The number of pyridine rings is 1. The van der Waals surface area contributed by atoms with Gasteiger partial charge < -0.3 is 4.74 Å². The van der Waals surface area contributed by atoms with E-state index in [4.69, 9.17) is 16.3 Å². The molecular weight excluding hydrogens is 288 g/mol. The van der Waals surface area contributed by atoms with Crippen molar-refractivity contribution in [1.82, 2.24) is 9.29 Å². The highest BCUT2D eigenvalue weighted by molar-refractivity contribution is 7.89. The van der Waals surface area contributed by atoms with Gasteiger partial charge in [0.15, 0.2) is 0 Å². The standard InChI is InChI=1S/C12H19ClN2O3S/c1-15(8-10-18-9-6-13)19(16,17)11-5-12-4-2-3-7-14-12/h2-4,7H,5-6,8-11H2,1H3. The van der Waals surface area contributed by atoms with E-state index in [2.05, 4.69) is 4.98 Å². The Kier molecular flexibility index (Phi) is 7.30. The van der Waals surface area contributed by atoms with Crippen molar-refractivity contribution in [2.24, 2.45) is 0 Å². The number of hydrogen-bond acceptors (Lipinski definition) is 4. The van der Waals surface area contributed by atoms with Crippen LogP contribution in [0.5, 0.6) is 0 Å². The number of aryl methyl sites for hydroxylation is 1. The summed E-state index contributed by atoms with van der Waals surface area (Å²) < 4.78 is 30.4. The summed E-state index contributed by atoms with van der Waals surface area (Å²) in [4.78, 5) is 4.11. The molecule has 1 aromatic heterocycles. The maximum absolute atomic E-state index is 12.0. The molecular formula is C12H19ClN2O3S. The summed E-state index contributed by atoms with van der Waals surface area (Å²) in [6.07, 6.45) is 2.07. The van der Waals surface area contributed by atoms with E-state index >= 15 is 0 Å². The van der Waals surface area contributed by atoms with Crippen LogP contribution in [0.2, 0.25) is 0 Å². The van der Waals surface area contributed by atoms with E-state index in [1.54, 1.807) is 19.3 Å². The fourth-order valence-electron chi connectivity index (χ4n) is 1.42. The van der Waals surface area contributed by atoms with Crippen molar-refractivity contribution in [1.29, 1.82) is 0 Å². The predicted molar refractivity (Wildman–Crippen MR) is 75.9 cm³/mol. The third-order valence-corrected chi connectivity index (χ3v) is 4.60. The molecule has 1 rings (SSSR count). The van der Waals surface area contributed by atoms with Crippen LogP contribution >= 0.6 is 11.6 Å². The van der Waals surface area contributed by atoms with Crippen LogP contribution in [-0.2, 0) is 21.2 Å². The van der Waals surface area contributed by atoms with Gasteiger partial charge in [-0.05, 0) is 12.1 Å². The van der Waals surface area contributed by atoms with E-state index < -0.39 is 10.0 Å². The maximum Gasteiger partial charge on any atom is 0.214 e. The quantitative estimate of drug-likeness (QED) is 0.507. The molecule has 0 aliphatic carbocycles. The second kappa shape index (κ2) is 8.47. The van der Waals surface area contributed by atoms with Crippen molar-refractivity contribution >= 4 is 21.6 Å². The first-order valence-corrected chi connectivity index (χ1v) is 8.18. The molecule has 108 valence electrons. The minimum Gasteiger partial charge on any atom is -0.379 e. The van der Waals surface area contributed by atoms with E-state index in [-0.39, 0.29) is 5.75 Å². The van der Waals surface area contributed by atoms with E-state index in [0.29, 0.717) is 32.1 Å². The molecule has 0 bridgehead atoms. The number of sulfonamides is 1. The van der Waals surface area contributed by atoms with Gasteiger partial charge in [-0.25, -0.2) is 12.7 Å². The van der Waals surface area contributed by atoms with Crippen molar-refractivity contribution in [3.63, 3.8) is 0 Å². The van der Waals surface area contributed by atoms with Crippen molar-refractivity contribution in [3.8, 4) is 0 Å². The fourth-order valence-corrected chi connectivity index (χ4v) is 2.66. The highest BCUT2D eigenvalue weighted by Gasteiger charge is 2.17. The van der Waals surface area contributed by atoms with Crippen LogP contribution in [0.3, 0.4) is 0 Å². The Hall–Kier alpha value is -0.690.